The van der Waals surface area contributed by atoms with Crippen LogP contribution < -0.4 is 5.73 Å². The normalized spacial score (nSPS) is 24.4. The first-order valence-corrected chi connectivity index (χ1v) is 7.76. The number of nitrogens with zero attached hydrogens (tertiary/aromatic N) is 1. The molecular weight excluding hydrogens is 248 g/mol. The van der Waals surface area contributed by atoms with E-state index in [1.807, 2.05) is 23.1 Å². The van der Waals surface area contributed by atoms with Crippen LogP contribution in [0.25, 0.3) is 0 Å². The number of carbonyl (C=O) groups is 1. The Morgan fingerprint density at radius 3 is 2.65 bits per heavy atom. The van der Waals surface area contributed by atoms with E-state index in [1.165, 1.54) is 0 Å². The Kier molecular flexibility index (Phi) is 5.18. The highest BCUT2D eigenvalue weighted by Gasteiger charge is 2.31. The molecule has 3 unspecified atom stereocenters. The lowest BCUT2D eigenvalue weighted by atomic mass is 9.88. The van der Waals surface area contributed by atoms with Gasteiger partial charge in [-0.1, -0.05) is 50.6 Å². The van der Waals surface area contributed by atoms with Gasteiger partial charge >= 0.3 is 0 Å². The summed E-state index contributed by atoms with van der Waals surface area (Å²) >= 11 is 0. The molecule has 20 heavy (non-hydrogen) atoms. The van der Waals surface area contributed by atoms with Crippen molar-refractivity contribution in [2.75, 3.05) is 13.1 Å². The van der Waals surface area contributed by atoms with Crippen LogP contribution in [0.2, 0.25) is 0 Å². The summed E-state index contributed by atoms with van der Waals surface area (Å²) in [6.45, 7) is 5.87. The van der Waals surface area contributed by atoms with Gasteiger partial charge in [0.05, 0.1) is 5.92 Å². The average Bonchev–Trinajstić information content (AvgIpc) is 2.49. The zero-order valence-corrected chi connectivity index (χ0v) is 12.6. The van der Waals surface area contributed by atoms with E-state index in [0.717, 1.165) is 37.9 Å². The van der Waals surface area contributed by atoms with Gasteiger partial charge in [-0.15, -0.1) is 0 Å². The second-order valence-corrected chi connectivity index (χ2v) is 5.78. The van der Waals surface area contributed by atoms with Gasteiger partial charge in [0.1, 0.15) is 0 Å². The third kappa shape index (κ3) is 3.21. The summed E-state index contributed by atoms with van der Waals surface area (Å²) in [6.07, 6.45) is 2.82. The highest BCUT2D eigenvalue weighted by molar-refractivity contribution is 5.83. The number of hydrogen-bond acceptors (Lipinski definition) is 2. The lowest BCUT2D eigenvalue weighted by Crippen LogP contribution is -2.50. The van der Waals surface area contributed by atoms with Crippen LogP contribution in [0.5, 0.6) is 0 Å². The molecule has 3 nitrogen and oxygen atoms in total. The second kappa shape index (κ2) is 6.89. The van der Waals surface area contributed by atoms with Gasteiger partial charge in [0, 0.05) is 19.1 Å². The molecule has 2 rings (SSSR count). The molecule has 2 N–H and O–H groups in total. The summed E-state index contributed by atoms with van der Waals surface area (Å²) < 4.78 is 0. The maximum Gasteiger partial charge on any atom is 0.230 e. The zero-order valence-electron chi connectivity index (χ0n) is 12.6. The van der Waals surface area contributed by atoms with E-state index < -0.39 is 0 Å². The molecule has 0 aromatic heterocycles. The van der Waals surface area contributed by atoms with Crippen molar-refractivity contribution in [3.05, 3.63) is 35.9 Å². The molecule has 1 amide bonds. The van der Waals surface area contributed by atoms with E-state index in [0.29, 0.717) is 5.92 Å². The van der Waals surface area contributed by atoms with E-state index in [-0.39, 0.29) is 17.9 Å². The molecule has 3 heteroatoms. The first kappa shape index (κ1) is 15.0. The number of carbonyl (C=O) groups excluding carboxylic acids is 1. The average molecular weight is 274 g/mol. The van der Waals surface area contributed by atoms with Crippen LogP contribution in [-0.2, 0) is 4.79 Å². The van der Waals surface area contributed by atoms with Crippen molar-refractivity contribution in [2.24, 2.45) is 11.7 Å². The number of amides is 1. The number of hydrogen-bond donors (Lipinski definition) is 1. The second-order valence-electron chi connectivity index (χ2n) is 5.78. The number of likely N-dealkylation sites (tertiary alicyclic amines) is 1. The summed E-state index contributed by atoms with van der Waals surface area (Å²) in [5.74, 6) is 0.702. The largest absolute Gasteiger partial charge is 0.342 e. The molecule has 1 heterocycles. The smallest absolute Gasteiger partial charge is 0.230 e. The van der Waals surface area contributed by atoms with Crippen molar-refractivity contribution in [2.45, 2.75) is 45.1 Å². The molecule has 1 aromatic carbocycles. The van der Waals surface area contributed by atoms with Crippen molar-refractivity contribution >= 4 is 5.91 Å². The minimum atomic E-state index is -0.0111. The monoisotopic (exact) mass is 274 g/mol. The predicted molar refractivity (Wildman–Crippen MR) is 82.4 cm³/mol. The van der Waals surface area contributed by atoms with E-state index in [2.05, 4.69) is 26.0 Å². The number of rotatable bonds is 4. The SMILES string of the molecule is CCC(C(=O)N1CCC(N)C(CC)C1)c1ccccc1. The Morgan fingerprint density at radius 1 is 1.35 bits per heavy atom. The molecule has 110 valence electrons. The van der Waals surface area contributed by atoms with Crippen LogP contribution in [0.1, 0.15) is 44.6 Å². The summed E-state index contributed by atoms with van der Waals surface area (Å²) in [6, 6.07) is 10.4. The Balaban J connectivity index is 2.09. The van der Waals surface area contributed by atoms with Crippen molar-refractivity contribution < 1.29 is 4.79 Å². The molecule has 0 radical (unpaired) electrons. The van der Waals surface area contributed by atoms with E-state index >= 15 is 0 Å². The van der Waals surface area contributed by atoms with Crippen LogP contribution in [0.4, 0.5) is 0 Å². The van der Waals surface area contributed by atoms with Crippen LogP contribution >= 0.6 is 0 Å². The van der Waals surface area contributed by atoms with Gasteiger partial charge in [-0.25, -0.2) is 0 Å². The van der Waals surface area contributed by atoms with Gasteiger partial charge in [-0.2, -0.15) is 0 Å². The van der Waals surface area contributed by atoms with Crippen molar-refractivity contribution in [3.63, 3.8) is 0 Å². The molecule has 0 aliphatic carbocycles. The van der Waals surface area contributed by atoms with Crippen molar-refractivity contribution in [3.8, 4) is 0 Å². The molecule has 1 fully saturated rings. The first-order chi connectivity index (χ1) is 9.67. The first-order valence-electron chi connectivity index (χ1n) is 7.76. The van der Waals surface area contributed by atoms with Crippen LogP contribution in [-0.4, -0.2) is 29.9 Å². The molecule has 1 aliphatic heterocycles. The summed E-state index contributed by atoms with van der Waals surface area (Å²) in [5.41, 5.74) is 7.26. The fourth-order valence-corrected chi connectivity index (χ4v) is 3.14. The molecule has 1 saturated heterocycles. The Bertz CT molecular complexity index is 432. The van der Waals surface area contributed by atoms with Crippen LogP contribution in [0, 0.1) is 5.92 Å². The van der Waals surface area contributed by atoms with Gasteiger partial charge in [-0.3, -0.25) is 4.79 Å². The summed E-state index contributed by atoms with van der Waals surface area (Å²) in [5, 5.41) is 0. The van der Waals surface area contributed by atoms with Crippen molar-refractivity contribution in [1.82, 2.24) is 4.90 Å². The molecule has 1 aliphatic rings. The summed E-state index contributed by atoms with van der Waals surface area (Å²) in [4.78, 5) is 14.8. The minimum absolute atomic E-state index is 0.0111. The van der Waals surface area contributed by atoms with Gasteiger partial charge < -0.3 is 10.6 Å². The number of piperidine rings is 1. The minimum Gasteiger partial charge on any atom is -0.342 e. The Hall–Kier alpha value is -1.35. The predicted octanol–water partition coefficient (Wildman–Crippen LogP) is 2.77. The Labute approximate surface area is 122 Å². The molecule has 0 bridgehead atoms. The van der Waals surface area contributed by atoms with E-state index in [1.54, 1.807) is 0 Å². The molecule has 0 spiro atoms. The lowest BCUT2D eigenvalue weighted by Gasteiger charge is -2.38. The summed E-state index contributed by atoms with van der Waals surface area (Å²) in [7, 11) is 0. The molecule has 0 saturated carbocycles. The highest BCUT2D eigenvalue weighted by atomic mass is 16.2. The molecular formula is C17H26N2O. The maximum absolute atomic E-state index is 12.8. The fraction of sp³-hybridized carbons (Fsp3) is 0.588. The van der Waals surface area contributed by atoms with E-state index in [4.69, 9.17) is 5.73 Å². The highest BCUT2D eigenvalue weighted by Crippen LogP contribution is 2.26. The zero-order chi connectivity index (χ0) is 14.5. The van der Waals surface area contributed by atoms with Gasteiger partial charge in [0.2, 0.25) is 5.91 Å². The quantitative estimate of drug-likeness (QED) is 0.917. The van der Waals surface area contributed by atoms with E-state index in [9.17, 15) is 4.79 Å². The fourth-order valence-electron chi connectivity index (χ4n) is 3.14. The number of nitrogens with two attached hydrogens (primary N) is 1. The molecule has 3 atom stereocenters. The van der Waals surface area contributed by atoms with Gasteiger partial charge in [0.15, 0.2) is 0 Å². The van der Waals surface area contributed by atoms with Gasteiger partial charge in [0.25, 0.3) is 0 Å². The maximum atomic E-state index is 12.8. The standard InChI is InChI=1S/C17H26N2O/c1-3-13-12-19(11-10-16(13)18)17(20)15(4-2)14-8-6-5-7-9-14/h5-9,13,15-16H,3-4,10-12,18H2,1-2H3. The topological polar surface area (TPSA) is 46.3 Å². The van der Waals surface area contributed by atoms with Crippen molar-refractivity contribution in [1.29, 1.82) is 0 Å². The molecule has 1 aromatic rings. The third-order valence-electron chi connectivity index (χ3n) is 4.54. The van der Waals surface area contributed by atoms with Crippen LogP contribution in [0.3, 0.4) is 0 Å². The van der Waals surface area contributed by atoms with Crippen LogP contribution in [0.15, 0.2) is 30.3 Å². The number of benzene rings is 1. The lowest BCUT2D eigenvalue weighted by molar-refractivity contribution is -0.135. The van der Waals surface area contributed by atoms with Gasteiger partial charge in [-0.05, 0) is 24.3 Å². The third-order valence-corrected chi connectivity index (χ3v) is 4.54. The Morgan fingerprint density at radius 2 is 2.05 bits per heavy atom.